The molecule has 3 aromatic carbocycles. The van der Waals surface area contributed by atoms with Crippen molar-refractivity contribution in [2.24, 2.45) is 0 Å². The van der Waals surface area contributed by atoms with Crippen LogP contribution in [0.25, 0.3) is 11.3 Å². The van der Waals surface area contributed by atoms with Crippen molar-refractivity contribution in [2.75, 3.05) is 5.32 Å². The predicted molar refractivity (Wildman–Crippen MR) is 153 cm³/mol. The molecule has 0 unspecified atom stereocenters. The second kappa shape index (κ2) is 11.6. The first kappa shape index (κ1) is 26.2. The molecule has 200 valence electrons. The number of rotatable bonds is 7. The summed E-state index contributed by atoms with van der Waals surface area (Å²) in [7, 11) is 0. The molecule has 1 fully saturated rings. The molecular weight excluding hydrogens is 488 g/mol. The number of hydrogen-bond donors (Lipinski definition) is 3. The first-order chi connectivity index (χ1) is 18.9. The van der Waals surface area contributed by atoms with Gasteiger partial charge in [-0.3, -0.25) is 4.79 Å². The fourth-order valence-electron chi connectivity index (χ4n) is 5.19. The third kappa shape index (κ3) is 6.03. The van der Waals surface area contributed by atoms with Crippen molar-refractivity contribution in [3.8, 4) is 17.0 Å². The Bertz CT molecular complexity index is 1480. The van der Waals surface area contributed by atoms with Gasteiger partial charge >= 0.3 is 6.03 Å². The lowest BCUT2D eigenvalue weighted by Crippen LogP contribution is -2.30. The van der Waals surface area contributed by atoms with Gasteiger partial charge in [0.25, 0.3) is 5.91 Å². The summed E-state index contributed by atoms with van der Waals surface area (Å²) < 4.78 is 1.45. The van der Waals surface area contributed by atoms with Crippen LogP contribution in [-0.4, -0.2) is 26.8 Å². The van der Waals surface area contributed by atoms with Crippen molar-refractivity contribution in [1.29, 1.82) is 0 Å². The van der Waals surface area contributed by atoms with Crippen LogP contribution in [0, 0.1) is 6.92 Å². The van der Waals surface area contributed by atoms with Gasteiger partial charge < -0.3 is 15.7 Å². The molecule has 0 saturated heterocycles. The van der Waals surface area contributed by atoms with E-state index in [1.807, 2.05) is 49.4 Å². The van der Waals surface area contributed by atoms with E-state index in [2.05, 4.69) is 22.7 Å². The van der Waals surface area contributed by atoms with Gasteiger partial charge in [0.05, 0.1) is 11.4 Å². The first-order valence-electron chi connectivity index (χ1n) is 13.6. The third-order valence-corrected chi connectivity index (χ3v) is 7.38. The molecule has 3 N–H and O–H groups in total. The molecule has 0 spiro atoms. The number of carbonyl (C=O) groups is 2. The molecule has 1 aliphatic rings. The summed E-state index contributed by atoms with van der Waals surface area (Å²) in [5.74, 6) is 0.0252. The minimum absolute atomic E-state index is 0.0306. The zero-order valence-corrected chi connectivity index (χ0v) is 22.4. The number of nitrogens with zero attached hydrogens (tertiary/aromatic N) is 2. The Morgan fingerprint density at radius 2 is 1.74 bits per heavy atom. The largest absolute Gasteiger partial charge is 0.507 e. The average molecular weight is 523 g/mol. The summed E-state index contributed by atoms with van der Waals surface area (Å²) in [4.78, 5) is 26.1. The van der Waals surface area contributed by atoms with Crippen LogP contribution in [0.1, 0.15) is 71.3 Å². The number of aromatic hydroxyl groups is 1. The third-order valence-electron chi connectivity index (χ3n) is 7.38. The molecule has 1 saturated carbocycles. The molecule has 4 aromatic rings. The van der Waals surface area contributed by atoms with Crippen molar-refractivity contribution in [3.63, 3.8) is 0 Å². The minimum Gasteiger partial charge on any atom is -0.507 e. The lowest BCUT2D eigenvalue weighted by atomic mass is 10.0. The second-order valence-electron chi connectivity index (χ2n) is 10.2. The number of phenols is 1. The summed E-state index contributed by atoms with van der Waals surface area (Å²) in [5, 5.41) is 21.3. The van der Waals surface area contributed by atoms with E-state index >= 15 is 0 Å². The Labute approximate surface area is 228 Å². The van der Waals surface area contributed by atoms with Crippen LogP contribution in [0.3, 0.4) is 0 Å². The molecular formula is C32H34N4O3. The van der Waals surface area contributed by atoms with Gasteiger partial charge in [-0.25, -0.2) is 4.79 Å². The molecule has 7 heteroatoms. The molecule has 1 heterocycles. The number of benzene rings is 3. The van der Waals surface area contributed by atoms with E-state index in [1.165, 1.54) is 10.7 Å². The quantitative estimate of drug-likeness (QED) is 0.233. The highest BCUT2D eigenvalue weighted by atomic mass is 16.3. The van der Waals surface area contributed by atoms with E-state index in [0.717, 1.165) is 54.5 Å². The Hall–Kier alpha value is -4.39. The highest BCUT2D eigenvalue weighted by molar-refractivity contribution is 6.04. The molecule has 39 heavy (non-hydrogen) atoms. The Morgan fingerprint density at radius 1 is 0.974 bits per heavy atom. The van der Waals surface area contributed by atoms with Crippen LogP contribution in [0.4, 0.5) is 10.5 Å². The van der Waals surface area contributed by atoms with Crippen LogP contribution < -0.4 is 10.6 Å². The summed E-state index contributed by atoms with van der Waals surface area (Å²) in [6.45, 7) is 4.49. The SMILES string of the molecule is CCc1ccc(C(=O)Nc2ccc(O)c(-c3cc(C4CCCC4)n(C(=O)NCc4cccc(C)c4)n3)c2)cc1. The van der Waals surface area contributed by atoms with Crippen LogP contribution >= 0.6 is 0 Å². The van der Waals surface area contributed by atoms with Gasteiger partial charge in [0.15, 0.2) is 0 Å². The van der Waals surface area contributed by atoms with Crippen LogP contribution in [-0.2, 0) is 13.0 Å². The Balaban J connectivity index is 1.40. The monoisotopic (exact) mass is 522 g/mol. The molecule has 0 bridgehead atoms. The smallest absolute Gasteiger partial charge is 0.342 e. The number of aromatic nitrogens is 2. The fourth-order valence-corrected chi connectivity index (χ4v) is 5.19. The number of aryl methyl sites for hydroxylation is 2. The van der Waals surface area contributed by atoms with Crippen molar-refractivity contribution in [2.45, 2.75) is 58.4 Å². The van der Waals surface area contributed by atoms with Crippen LogP contribution in [0.5, 0.6) is 5.75 Å². The second-order valence-corrected chi connectivity index (χ2v) is 10.2. The van der Waals surface area contributed by atoms with Gasteiger partial charge in [-0.05, 0) is 73.7 Å². The van der Waals surface area contributed by atoms with Crippen molar-refractivity contribution in [3.05, 3.63) is 101 Å². The first-order valence-corrected chi connectivity index (χ1v) is 13.6. The van der Waals surface area contributed by atoms with Crippen molar-refractivity contribution >= 4 is 17.6 Å². The van der Waals surface area contributed by atoms with Gasteiger partial charge in [-0.2, -0.15) is 9.78 Å². The van der Waals surface area contributed by atoms with E-state index in [0.29, 0.717) is 29.1 Å². The van der Waals surface area contributed by atoms with Gasteiger partial charge in [0.2, 0.25) is 0 Å². The molecule has 1 aliphatic carbocycles. The van der Waals surface area contributed by atoms with E-state index in [9.17, 15) is 14.7 Å². The zero-order valence-electron chi connectivity index (χ0n) is 22.4. The highest BCUT2D eigenvalue weighted by Gasteiger charge is 2.26. The Morgan fingerprint density at radius 3 is 2.46 bits per heavy atom. The van der Waals surface area contributed by atoms with Crippen molar-refractivity contribution < 1.29 is 14.7 Å². The van der Waals surface area contributed by atoms with E-state index in [4.69, 9.17) is 0 Å². The topological polar surface area (TPSA) is 96.2 Å². The molecule has 1 aromatic heterocycles. The number of anilines is 1. The maximum atomic E-state index is 13.3. The molecule has 0 atom stereocenters. The van der Waals surface area contributed by atoms with E-state index in [-0.39, 0.29) is 23.6 Å². The highest BCUT2D eigenvalue weighted by Crippen LogP contribution is 2.38. The summed E-state index contributed by atoms with van der Waals surface area (Å²) >= 11 is 0. The maximum Gasteiger partial charge on any atom is 0.342 e. The molecule has 2 amide bonds. The van der Waals surface area contributed by atoms with Crippen LogP contribution in [0.2, 0.25) is 0 Å². The number of hydrogen-bond acceptors (Lipinski definition) is 4. The summed E-state index contributed by atoms with van der Waals surface area (Å²) in [6, 6.07) is 22.0. The van der Waals surface area contributed by atoms with Gasteiger partial charge in [-0.1, -0.05) is 61.7 Å². The van der Waals surface area contributed by atoms with Gasteiger partial charge in [-0.15, -0.1) is 0 Å². The zero-order chi connectivity index (χ0) is 27.4. The number of nitrogens with one attached hydrogen (secondary N) is 2. The van der Waals surface area contributed by atoms with Gasteiger partial charge in [0.1, 0.15) is 5.75 Å². The maximum absolute atomic E-state index is 13.3. The minimum atomic E-state index is -0.302. The number of amides is 2. The fraction of sp³-hybridized carbons (Fsp3) is 0.281. The van der Waals surface area contributed by atoms with Crippen molar-refractivity contribution in [1.82, 2.24) is 15.1 Å². The van der Waals surface area contributed by atoms with E-state index in [1.54, 1.807) is 24.3 Å². The summed E-state index contributed by atoms with van der Waals surface area (Å²) in [6.07, 6.45) is 5.12. The molecule has 5 rings (SSSR count). The molecule has 0 aliphatic heterocycles. The predicted octanol–water partition coefficient (Wildman–Crippen LogP) is 6.79. The van der Waals surface area contributed by atoms with Crippen LogP contribution in [0.15, 0.2) is 72.8 Å². The number of phenolic OH excluding ortho intramolecular Hbond substituents is 1. The number of carbonyl (C=O) groups excluding carboxylic acids is 2. The van der Waals surface area contributed by atoms with E-state index < -0.39 is 0 Å². The van der Waals surface area contributed by atoms with Gasteiger partial charge in [0, 0.05) is 29.3 Å². The average Bonchev–Trinajstić information content (AvgIpc) is 3.63. The molecule has 7 nitrogen and oxygen atoms in total. The summed E-state index contributed by atoms with van der Waals surface area (Å²) in [5.41, 5.74) is 6.19. The lowest BCUT2D eigenvalue weighted by molar-refractivity contribution is 0.102. The standard InChI is InChI=1S/C32H34N4O3/c1-3-22-11-13-25(14-12-22)31(38)34-26-15-16-30(37)27(18-26)28-19-29(24-9-4-5-10-24)36(35-28)32(39)33-20-23-8-6-7-21(2)17-23/h6-8,11-19,24,37H,3-5,9-10,20H2,1-2H3,(H,33,39)(H,34,38). The molecule has 0 radical (unpaired) electrons. The Kier molecular flexibility index (Phi) is 7.77. The lowest BCUT2D eigenvalue weighted by Gasteiger charge is -2.12. The normalized spacial score (nSPS) is 13.4.